The molecule has 0 saturated heterocycles. The van der Waals surface area contributed by atoms with E-state index in [1.54, 1.807) is 7.11 Å². The molecule has 0 heterocycles. The van der Waals surface area contributed by atoms with Gasteiger partial charge in [-0.2, -0.15) is 0 Å². The van der Waals surface area contributed by atoms with Crippen molar-refractivity contribution >= 4 is 5.97 Å². The van der Waals surface area contributed by atoms with Crippen LogP contribution in [0.4, 0.5) is 0 Å². The number of hydrogen-bond acceptors (Lipinski definition) is 3. The smallest absolute Gasteiger partial charge is 0.337 e. The Balaban J connectivity index is 2.65. The van der Waals surface area contributed by atoms with Gasteiger partial charge in [0.2, 0.25) is 0 Å². The molecule has 0 spiro atoms. The molecule has 0 radical (unpaired) electrons. The Labute approximate surface area is 130 Å². The standard InChI is InChI=1S/C18H32O3/c1-20-17-15-13-11-9-7-5-3-4-6-8-10-12-14-16(17)18(19)21-2/h3-15H2,1-2H3. The molecule has 1 aliphatic carbocycles. The molecule has 3 heteroatoms. The Morgan fingerprint density at radius 3 is 1.57 bits per heavy atom. The average Bonchev–Trinajstić information content (AvgIpc) is 2.52. The molecule has 1 rings (SSSR count). The molecule has 0 fully saturated rings. The first-order valence-corrected chi connectivity index (χ1v) is 8.64. The van der Waals surface area contributed by atoms with Gasteiger partial charge in [0.05, 0.1) is 19.8 Å². The number of methoxy groups -OCH3 is 2. The molecule has 3 nitrogen and oxygen atoms in total. The summed E-state index contributed by atoms with van der Waals surface area (Å²) in [5, 5.41) is 0. The SMILES string of the molecule is COC(=O)C1=C(OC)CCCCCCCCCCCCC1. The number of allylic oxidation sites excluding steroid dienone is 1. The Morgan fingerprint density at radius 1 is 0.714 bits per heavy atom. The molecule has 0 amide bonds. The molecule has 122 valence electrons. The van der Waals surface area contributed by atoms with E-state index in [0.717, 1.165) is 37.0 Å². The lowest BCUT2D eigenvalue weighted by Crippen LogP contribution is -2.09. The van der Waals surface area contributed by atoms with Crippen LogP contribution >= 0.6 is 0 Å². The maximum absolute atomic E-state index is 12.0. The fraction of sp³-hybridized carbons (Fsp3) is 0.833. The molecule has 0 bridgehead atoms. The van der Waals surface area contributed by atoms with Crippen molar-refractivity contribution in [3.63, 3.8) is 0 Å². The second-order valence-electron chi connectivity index (χ2n) is 5.99. The summed E-state index contributed by atoms with van der Waals surface area (Å²) >= 11 is 0. The first-order valence-electron chi connectivity index (χ1n) is 8.64. The highest BCUT2D eigenvalue weighted by molar-refractivity contribution is 5.88. The van der Waals surface area contributed by atoms with Crippen molar-refractivity contribution in [2.45, 2.75) is 83.5 Å². The van der Waals surface area contributed by atoms with Crippen molar-refractivity contribution in [1.82, 2.24) is 0 Å². The van der Waals surface area contributed by atoms with Gasteiger partial charge in [0.1, 0.15) is 5.76 Å². The predicted octanol–water partition coefficient (Wildman–Crippen LogP) is 5.14. The lowest BCUT2D eigenvalue weighted by Gasteiger charge is -2.13. The molecule has 0 unspecified atom stereocenters. The van der Waals surface area contributed by atoms with Gasteiger partial charge in [0.25, 0.3) is 0 Å². The number of ether oxygens (including phenoxy) is 2. The summed E-state index contributed by atoms with van der Waals surface area (Å²) in [7, 11) is 3.13. The minimum absolute atomic E-state index is 0.212. The van der Waals surface area contributed by atoms with Crippen molar-refractivity contribution in [2.24, 2.45) is 0 Å². The van der Waals surface area contributed by atoms with E-state index in [1.165, 1.54) is 64.9 Å². The fourth-order valence-electron chi connectivity index (χ4n) is 3.03. The van der Waals surface area contributed by atoms with Crippen LogP contribution in [-0.2, 0) is 14.3 Å². The maximum Gasteiger partial charge on any atom is 0.337 e. The quantitative estimate of drug-likeness (QED) is 0.661. The van der Waals surface area contributed by atoms with Crippen molar-refractivity contribution < 1.29 is 14.3 Å². The maximum atomic E-state index is 12.0. The molecule has 0 aromatic rings. The van der Waals surface area contributed by atoms with Gasteiger partial charge >= 0.3 is 5.97 Å². The first-order chi connectivity index (χ1) is 10.3. The van der Waals surface area contributed by atoms with E-state index < -0.39 is 0 Å². The predicted molar refractivity (Wildman–Crippen MR) is 86.1 cm³/mol. The molecular weight excluding hydrogens is 264 g/mol. The molecule has 1 aliphatic rings. The van der Waals surface area contributed by atoms with E-state index >= 15 is 0 Å². The zero-order valence-electron chi connectivity index (χ0n) is 13.9. The van der Waals surface area contributed by atoms with Crippen LogP contribution in [0.15, 0.2) is 11.3 Å². The summed E-state index contributed by atoms with van der Waals surface area (Å²) in [5.41, 5.74) is 0.759. The molecule has 0 N–H and O–H groups in total. The van der Waals surface area contributed by atoms with Crippen LogP contribution in [0.5, 0.6) is 0 Å². The zero-order valence-corrected chi connectivity index (χ0v) is 13.9. The molecule has 0 atom stereocenters. The van der Waals surface area contributed by atoms with Gasteiger partial charge in [-0.1, -0.05) is 57.8 Å². The fourth-order valence-corrected chi connectivity index (χ4v) is 3.03. The Morgan fingerprint density at radius 2 is 1.14 bits per heavy atom. The number of rotatable bonds is 2. The van der Waals surface area contributed by atoms with Gasteiger partial charge < -0.3 is 9.47 Å². The van der Waals surface area contributed by atoms with E-state index in [1.807, 2.05) is 0 Å². The van der Waals surface area contributed by atoms with Crippen molar-refractivity contribution in [3.05, 3.63) is 11.3 Å². The third-order valence-electron chi connectivity index (χ3n) is 4.35. The van der Waals surface area contributed by atoms with E-state index in [0.29, 0.717) is 0 Å². The highest BCUT2D eigenvalue weighted by Gasteiger charge is 2.16. The van der Waals surface area contributed by atoms with Crippen LogP contribution in [0.3, 0.4) is 0 Å². The highest BCUT2D eigenvalue weighted by Crippen LogP contribution is 2.22. The van der Waals surface area contributed by atoms with Crippen LogP contribution in [0, 0.1) is 0 Å². The number of hydrogen-bond donors (Lipinski definition) is 0. The van der Waals surface area contributed by atoms with Gasteiger partial charge in [0, 0.05) is 6.42 Å². The Kier molecular flexibility index (Phi) is 10.0. The number of esters is 1. The lowest BCUT2D eigenvalue weighted by molar-refractivity contribution is -0.136. The largest absolute Gasteiger partial charge is 0.501 e. The van der Waals surface area contributed by atoms with Crippen LogP contribution in [0.2, 0.25) is 0 Å². The summed E-state index contributed by atoms with van der Waals surface area (Å²) in [5.74, 6) is 0.632. The summed E-state index contributed by atoms with van der Waals surface area (Å²) in [6.07, 6.45) is 15.6. The van der Waals surface area contributed by atoms with Crippen molar-refractivity contribution in [1.29, 1.82) is 0 Å². The van der Waals surface area contributed by atoms with E-state index in [9.17, 15) is 4.79 Å². The molecule has 0 aliphatic heterocycles. The van der Waals surface area contributed by atoms with E-state index in [-0.39, 0.29) is 5.97 Å². The van der Waals surface area contributed by atoms with Gasteiger partial charge in [-0.25, -0.2) is 4.79 Å². The Bertz CT molecular complexity index is 320. The van der Waals surface area contributed by atoms with Gasteiger partial charge in [0.15, 0.2) is 0 Å². The summed E-state index contributed by atoms with van der Waals surface area (Å²) in [6, 6.07) is 0. The first kappa shape index (κ1) is 18.1. The highest BCUT2D eigenvalue weighted by atomic mass is 16.5. The zero-order chi connectivity index (χ0) is 15.3. The number of carbonyl (C=O) groups is 1. The molecular formula is C18H32O3. The lowest BCUT2D eigenvalue weighted by atomic mass is 10.0. The van der Waals surface area contributed by atoms with E-state index in [2.05, 4.69) is 0 Å². The minimum Gasteiger partial charge on any atom is -0.501 e. The summed E-state index contributed by atoms with van der Waals surface area (Å²) in [6.45, 7) is 0. The second kappa shape index (κ2) is 11.6. The van der Waals surface area contributed by atoms with Crippen LogP contribution in [-0.4, -0.2) is 20.2 Å². The summed E-state index contributed by atoms with van der Waals surface area (Å²) < 4.78 is 10.4. The van der Waals surface area contributed by atoms with Crippen LogP contribution in [0.25, 0.3) is 0 Å². The molecule has 0 aromatic heterocycles. The normalized spacial score (nSPS) is 20.3. The molecule has 0 saturated carbocycles. The average molecular weight is 296 g/mol. The monoisotopic (exact) mass is 296 g/mol. The van der Waals surface area contributed by atoms with Gasteiger partial charge in [-0.3, -0.25) is 0 Å². The van der Waals surface area contributed by atoms with Crippen molar-refractivity contribution in [3.8, 4) is 0 Å². The van der Waals surface area contributed by atoms with Gasteiger partial charge in [-0.05, 0) is 19.3 Å². The van der Waals surface area contributed by atoms with Crippen LogP contribution < -0.4 is 0 Å². The third-order valence-corrected chi connectivity index (χ3v) is 4.35. The molecule has 0 aromatic carbocycles. The minimum atomic E-state index is -0.212. The van der Waals surface area contributed by atoms with E-state index in [4.69, 9.17) is 9.47 Å². The Hall–Kier alpha value is -0.990. The second-order valence-corrected chi connectivity index (χ2v) is 5.99. The topological polar surface area (TPSA) is 35.5 Å². The summed E-state index contributed by atoms with van der Waals surface area (Å²) in [4.78, 5) is 12.0. The third kappa shape index (κ3) is 7.54. The number of carbonyl (C=O) groups excluding carboxylic acids is 1. The van der Waals surface area contributed by atoms with Crippen LogP contribution in [0.1, 0.15) is 83.5 Å². The van der Waals surface area contributed by atoms with Crippen molar-refractivity contribution in [2.75, 3.05) is 14.2 Å². The molecule has 21 heavy (non-hydrogen) atoms. The van der Waals surface area contributed by atoms with Gasteiger partial charge in [-0.15, -0.1) is 0 Å².